The van der Waals surface area contributed by atoms with Gasteiger partial charge in [0, 0.05) is 37.3 Å². The Kier molecular flexibility index (Phi) is 3.39. The van der Waals surface area contributed by atoms with Crippen LogP contribution < -0.4 is 5.56 Å². The maximum Gasteiger partial charge on any atom is 0.307 e. The number of likely N-dealkylation sites (tertiary alicyclic amines) is 1. The van der Waals surface area contributed by atoms with Crippen molar-refractivity contribution in [3.63, 3.8) is 0 Å². The van der Waals surface area contributed by atoms with Gasteiger partial charge in [-0.3, -0.25) is 14.4 Å². The number of pyridine rings is 1. The third kappa shape index (κ3) is 2.20. The minimum absolute atomic E-state index is 0.00400. The van der Waals surface area contributed by atoms with Crippen LogP contribution in [0.3, 0.4) is 0 Å². The van der Waals surface area contributed by atoms with Crippen molar-refractivity contribution < 1.29 is 14.7 Å². The smallest absolute Gasteiger partial charge is 0.307 e. The van der Waals surface area contributed by atoms with Crippen molar-refractivity contribution in [3.8, 4) is 0 Å². The van der Waals surface area contributed by atoms with Crippen LogP contribution in [0.15, 0.2) is 35.1 Å². The molecule has 6 nitrogen and oxygen atoms in total. The number of fused-ring (bicyclic) bond motifs is 6. The molecule has 2 aliphatic carbocycles. The first-order valence-electron chi connectivity index (χ1n) is 9.42. The van der Waals surface area contributed by atoms with Crippen LogP contribution in [-0.4, -0.2) is 39.5 Å². The van der Waals surface area contributed by atoms with E-state index >= 15 is 0 Å². The molecule has 1 aromatic rings. The van der Waals surface area contributed by atoms with Gasteiger partial charge in [0.25, 0.3) is 5.56 Å². The van der Waals surface area contributed by atoms with Gasteiger partial charge < -0.3 is 14.6 Å². The summed E-state index contributed by atoms with van der Waals surface area (Å²) in [5.74, 6) is -1.39. The number of aliphatic carboxylic acids is 1. The number of amides is 1. The number of carboxylic acid groups (broad SMARTS) is 1. The number of aromatic nitrogens is 1. The number of hydrogen-bond acceptors (Lipinski definition) is 3. The Morgan fingerprint density at radius 3 is 2.54 bits per heavy atom. The molecule has 1 N–H and O–H groups in total. The van der Waals surface area contributed by atoms with E-state index in [1.165, 1.54) is 0 Å². The van der Waals surface area contributed by atoms with E-state index in [-0.39, 0.29) is 35.1 Å². The standard InChI is InChI=1S/C20H22N2O4/c23-16-3-1-2-15-14-6-11(9-22(15)16)8-21(10-14)19(24)17-12-4-5-13(7-12)18(17)20(25)26/h1-5,11-14,17-18H,6-10H2,(H,25,26)/t11-,12+,13+,14+,17+,18-/m1/s1. The van der Waals surface area contributed by atoms with Crippen molar-refractivity contribution in [2.45, 2.75) is 25.3 Å². The van der Waals surface area contributed by atoms with Crippen LogP contribution in [0.1, 0.15) is 24.5 Å². The number of carboxylic acids is 1. The molecule has 6 heteroatoms. The first-order valence-corrected chi connectivity index (χ1v) is 9.42. The van der Waals surface area contributed by atoms with E-state index in [4.69, 9.17) is 0 Å². The lowest BCUT2D eigenvalue weighted by molar-refractivity contribution is -0.152. The highest BCUT2D eigenvalue weighted by Crippen LogP contribution is 2.49. The monoisotopic (exact) mass is 354 g/mol. The van der Waals surface area contributed by atoms with Gasteiger partial charge >= 0.3 is 5.97 Å². The molecule has 0 unspecified atom stereocenters. The fourth-order valence-electron chi connectivity index (χ4n) is 5.78. The van der Waals surface area contributed by atoms with E-state index in [0.717, 1.165) is 18.5 Å². The molecule has 2 fully saturated rings. The Morgan fingerprint density at radius 1 is 1.00 bits per heavy atom. The van der Waals surface area contributed by atoms with E-state index in [0.29, 0.717) is 19.6 Å². The highest BCUT2D eigenvalue weighted by molar-refractivity contribution is 5.87. The van der Waals surface area contributed by atoms with E-state index in [1.807, 2.05) is 27.7 Å². The quantitative estimate of drug-likeness (QED) is 0.813. The van der Waals surface area contributed by atoms with E-state index in [1.54, 1.807) is 12.1 Å². The molecule has 3 heterocycles. The summed E-state index contributed by atoms with van der Waals surface area (Å²) in [6.07, 6.45) is 5.78. The fraction of sp³-hybridized carbons (Fsp3) is 0.550. The van der Waals surface area contributed by atoms with Gasteiger partial charge in [-0.2, -0.15) is 0 Å². The largest absolute Gasteiger partial charge is 0.481 e. The van der Waals surface area contributed by atoms with Gasteiger partial charge in [-0.05, 0) is 36.7 Å². The molecule has 6 atom stereocenters. The fourth-order valence-corrected chi connectivity index (χ4v) is 5.78. The molecule has 0 spiro atoms. The number of hydrogen-bond donors (Lipinski definition) is 1. The summed E-state index contributed by atoms with van der Waals surface area (Å²) in [5.41, 5.74) is 1.04. The predicted octanol–water partition coefficient (Wildman–Crippen LogP) is 1.32. The molecule has 136 valence electrons. The maximum absolute atomic E-state index is 13.3. The van der Waals surface area contributed by atoms with Crippen LogP contribution in [-0.2, 0) is 16.1 Å². The summed E-state index contributed by atoms with van der Waals surface area (Å²) in [4.78, 5) is 39.0. The lowest BCUT2D eigenvalue weighted by atomic mass is 9.79. The topological polar surface area (TPSA) is 79.6 Å². The number of carbonyl (C=O) groups excluding carboxylic acids is 1. The summed E-state index contributed by atoms with van der Waals surface area (Å²) in [6, 6.07) is 5.36. The predicted molar refractivity (Wildman–Crippen MR) is 93.5 cm³/mol. The van der Waals surface area contributed by atoms with Crippen molar-refractivity contribution >= 4 is 11.9 Å². The molecule has 2 aliphatic heterocycles. The minimum atomic E-state index is -0.852. The zero-order chi connectivity index (χ0) is 18.0. The van der Waals surface area contributed by atoms with Gasteiger partial charge in [0.15, 0.2) is 0 Å². The molecule has 1 saturated carbocycles. The SMILES string of the molecule is O=C(O)[C@H]1[C@@H](C(=O)N2C[C@H]3C[C@@H](C2)c2cccc(=O)n2C3)[C@H]2C=C[C@H]1C2. The van der Waals surface area contributed by atoms with Crippen LogP contribution >= 0.6 is 0 Å². The molecular weight excluding hydrogens is 332 g/mol. The summed E-state index contributed by atoms with van der Waals surface area (Å²) in [5, 5.41) is 9.63. The Hall–Kier alpha value is -2.37. The van der Waals surface area contributed by atoms with Crippen molar-refractivity contribution in [1.82, 2.24) is 9.47 Å². The Balaban J connectivity index is 1.42. The minimum Gasteiger partial charge on any atom is -0.481 e. The summed E-state index contributed by atoms with van der Waals surface area (Å²) in [6.45, 7) is 1.86. The first kappa shape index (κ1) is 15.9. The van der Waals surface area contributed by atoms with Crippen LogP contribution in [0.25, 0.3) is 0 Å². The lowest BCUT2D eigenvalue weighted by Crippen LogP contribution is -2.52. The molecule has 4 aliphatic rings. The summed E-state index contributed by atoms with van der Waals surface area (Å²) >= 11 is 0. The van der Waals surface area contributed by atoms with Crippen molar-refractivity contribution in [2.24, 2.45) is 29.6 Å². The number of rotatable bonds is 2. The second-order valence-corrected chi connectivity index (χ2v) is 8.28. The normalized spacial score (nSPS) is 36.8. The van der Waals surface area contributed by atoms with Crippen LogP contribution in [0.4, 0.5) is 0 Å². The van der Waals surface area contributed by atoms with Crippen molar-refractivity contribution in [3.05, 3.63) is 46.4 Å². The third-order valence-corrected chi connectivity index (χ3v) is 6.82. The molecule has 4 bridgehead atoms. The maximum atomic E-state index is 13.3. The molecular formula is C20H22N2O4. The second-order valence-electron chi connectivity index (χ2n) is 8.28. The first-order chi connectivity index (χ1) is 12.5. The Labute approximate surface area is 151 Å². The molecule has 1 saturated heterocycles. The van der Waals surface area contributed by atoms with Gasteiger partial charge in [-0.1, -0.05) is 18.2 Å². The zero-order valence-corrected chi connectivity index (χ0v) is 14.5. The highest BCUT2D eigenvalue weighted by Gasteiger charge is 2.53. The molecule has 0 radical (unpaired) electrons. The van der Waals surface area contributed by atoms with Gasteiger partial charge in [-0.25, -0.2) is 0 Å². The highest BCUT2D eigenvalue weighted by atomic mass is 16.4. The van der Waals surface area contributed by atoms with Crippen molar-refractivity contribution in [2.75, 3.05) is 13.1 Å². The molecule has 1 aromatic heterocycles. The molecule has 5 rings (SSSR count). The number of carbonyl (C=O) groups is 2. The summed E-state index contributed by atoms with van der Waals surface area (Å²) in [7, 11) is 0. The second kappa shape index (κ2) is 5.56. The Morgan fingerprint density at radius 2 is 1.77 bits per heavy atom. The Bertz CT molecular complexity index is 873. The van der Waals surface area contributed by atoms with E-state index in [2.05, 4.69) is 0 Å². The van der Waals surface area contributed by atoms with Gasteiger partial charge in [0.2, 0.25) is 5.91 Å². The van der Waals surface area contributed by atoms with Crippen LogP contribution in [0, 0.1) is 29.6 Å². The number of piperidine rings is 1. The summed E-state index contributed by atoms with van der Waals surface area (Å²) < 4.78 is 1.85. The van der Waals surface area contributed by atoms with Gasteiger partial charge in [-0.15, -0.1) is 0 Å². The number of nitrogens with zero attached hydrogens (tertiary/aromatic N) is 2. The van der Waals surface area contributed by atoms with E-state index in [9.17, 15) is 19.5 Å². The van der Waals surface area contributed by atoms with Gasteiger partial charge in [0.05, 0.1) is 11.8 Å². The van der Waals surface area contributed by atoms with Crippen LogP contribution in [0.5, 0.6) is 0 Å². The third-order valence-electron chi connectivity index (χ3n) is 6.82. The zero-order valence-electron chi connectivity index (χ0n) is 14.5. The number of allylic oxidation sites excluding steroid dienone is 2. The average Bonchev–Trinajstić information content (AvgIpc) is 3.23. The molecule has 0 aromatic carbocycles. The van der Waals surface area contributed by atoms with Crippen LogP contribution in [0.2, 0.25) is 0 Å². The van der Waals surface area contributed by atoms with E-state index < -0.39 is 17.8 Å². The average molecular weight is 354 g/mol. The molecule has 26 heavy (non-hydrogen) atoms. The lowest BCUT2D eigenvalue weighted by Gasteiger charge is -2.44. The van der Waals surface area contributed by atoms with Gasteiger partial charge in [0.1, 0.15) is 0 Å². The van der Waals surface area contributed by atoms with Crippen molar-refractivity contribution in [1.29, 1.82) is 0 Å². The molecule has 1 amide bonds.